The maximum absolute atomic E-state index is 7.81. The van der Waals surface area contributed by atoms with Gasteiger partial charge in [-0.2, -0.15) is 0 Å². The molecule has 0 rings (SSSR count). The number of hydrogen-bond acceptors (Lipinski definition) is 0. The first-order valence-electron chi connectivity index (χ1n) is 13.3. The molecule has 0 nitrogen and oxygen atoms in total. The maximum atomic E-state index is 7.81. The van der Waals surface area contributed by atoms with Crippen LogP contribution in [0.2, 0.25) is 0 Å². The van der Waals surface area contributed by atoms with Crippen molar-refractivity contribution in [2.24, 2.45) is 0 Å². The molecule has 0 saturated heterocycles. The van der Waals surface area contributed by atoms with Crippen LogP contribution in [0.3, 0.4) is 0 Å². The van der Waals surface area contributed by atoms with E-state index in [1.807, 2.05) is 0 Å². The normalized spacial score (nSPS) is 13.5. The summed E-state index contributed by atoms with van der Waals surface area (Å²) in [7, 11) is 0. The van der Waals surface area contributed by atoms with Gasteiger partial charge in [-0.15, -0.1) is 0 Å². The molecule has 0 spiro atoms. The Hall–Kier alpha value is 0.720. The summed E-state index contributed by atoms with van der Waals surface area (Å²) in [4.78, 5) is 0. The number of rotatable bonds is 22. The molecule has 0 radical (unpaired) electrons. The van der Waals surface area contributed by atoms with Gasteiger partial charge in [-0.3, -0.25) is 0 Å². The average molecular weight is 435 g/mol. The zero-order chi connectivity index (χ0) is 21.0. The van der Waals surface area contributed by atoms with Gasteiger partial charge in [0.15, 0.2) is 0 Å². The molecular weight excluding hydrogens is 379 g/mol. The van der Waals surface area contributed by atoms with Crippen LogP contribution in [0, 0.1) is 0 Å². The van der Waals surface area contributed by atoms with Crippen LogP contribution in [-0.4, -0.2) is 24.6 Å². The molecule has 0 aromatic carbocycles. The Morgan fingerprint density at radius 2 is 0.607 bits per heavy atom. The summed E-state index contributed by atoms with van der Waals surface area (Å²) in [6.07, 6.45) is 30.6. The van der Waals surface area contributed by atoms with E-state index in [0.717, 1.165) is 0 Å². The summed E-state index contributed by atoms with van der Waals surface area (Å²) in [5, 5.41) is 0. The molecule has 0 heterocycles. The molecule has 0 atom stereocenters. The third-order valence-electron chi connectivity index (χ3n) is 6.78. The predicted octanol–water partition coefficient (Wildman–Crippen LogP) is 10.8. The van der Waals surface area contributed by atoms with Gasteiger partial charge >= 0.3 is 185 Å². The van der Waals surface area contributed by atoms with E-state index in [1.165, 1.54) is 140 Å². The first-order chi connectivity index (χ1) is 13.5. The summed E-state index contributed by atoms with van der Waals surface area (Å²) in [6, 6.07) is 0. The first kappa shape index (κ1) is 28.7. The molecule has 0 unspecified atom stereocenters. The summed E-state index contributed by atoms with van der Waals surface area (Å²) in [5.74, 6) is -2.01. The van der Waals surface area contributed by atoms with Gasteiger partial charge in [0.25, 0.3) is 0 Å². The molecule has 0 amide bonds. The van der Waals surface area contributed by atoms with E-state index in [2.05, 4.69) is 27.7 Å². The molecule has 2 heteroatoms. The quantitative estimate of drug-likeness (QED) is 0.117. The van der Waals surface area contributed by atoms with Crippen molar-refractivity contribution < 1.29 is 0 Å². The Morgan fingerprint density at radius 3 is 0.929 bits per heavy atom. The summed E-state index contributed by atoms with van der Waals surface area (Å²) in [6.45, 7) is 9.31. The van der Waals surface area contributed by atoms with Gasteiger partial charge in [-0.05, 0) is 0 Å². The van der Waals surface area contributed by atoms with Gasteiger partial charge in [0.1, 0.15) is 0 Å². The Labute approximate surface area is 185 Å². The third kappa shape index (κ3) is 14.7. The predicted molar refractivity (Wildman–Crippen MR) is 138 cm³/mol. The van der Waals surface area contributed by atoms with Gasteiger partial charge in [-0.1, -0.05) is 0 Å². The van der Waals surface area contributed by atoms with Crippen LogP contribution in [0.25, 0.3) is 0 Å². The zero-order valence-electron chi connectivity index (χ0n) is 20.4. The van der Waals surface area contributed by atoms with E-state index >= 15 is 0 Å². The fraction of sp³-hybridized carbons (Fsp3) is 1.00. The molecule has 0 aliphatic heterocycles. The molecular formula is C26H56ClP. The summed E-state index contributed by atoms with van der Waals surface area (Å²) >= 11 is 7.81. The minimum atomic E-state index is -2.01. The monoisotopic (exact) mass is 434 g/mol. The van der Waals surface area contributed by atoms with Gasteiger partial charge in [0, 0.05) is 0 Å². The van der Waals surface area contributed by atoms with Crippen LogP contribution >= 0.6 is 17.2 Å². The second-order valence-electron chi connectivity index (χ2n) is 9.66. The molecule has 28 heavy (non-hydrogen) atoms. The van der Waals surface area contributed by atoms with Crippen molar-refractivity contribution >= 4 is 17.2 Å². The van der Waals surface area contributed by atoms with E-state index < -0.39 is 5.96 Å². The summed E-state index contributed by atoms with van der Waals surface area (Å²) in [5.41, 5.74) is 0. The van der Waals surface area contributed by atoms with Crippen molar-refractivity contribution in [3.8, 4) is 0 Å². The zero-order valence-corrected chi connectivity index (χ0v) is 22.0. The van der Waals surface area contributed by atoms with Gasteiger partial charge < -0.3 is 0 Å². The molecule has 172 valence electrons. The van der Waals surface area contributed by atoms with E-state index in [1.54, 1.807) is 0 Å². The van der Waals surface area contributed by atoms with Crippen LogP contribution in [0.15, 0.2) is 0 Å². The van der Waals surface area contributed by atoms with E-state index in [-0.39, 0.29) is 0 Å². The van der Waals surface area contributed by atoms with Gasteiger partial charge in [0.2, 0.25) is 0 Å². The SMILES string of the molecule is CCCCCCCCCP(Cl)(CCCC)(CCCC)CCCCCCCCC. The van der Waals surface area contributed by atoms with Crippen molar-refractivity contribution in [1.82, 2.24) is 0 Å². The first-order valence-corrected chi connectivity index (χ1v) is 17.1. The second-order valence-corrected chi connectivity index (χ2v) is 18.0. The topological polar surface area (TPSA) is 0 Å². The van der Waals surface area contributed by atoms with Crippen molar-refractivity contribution in [2.75, 3.05) is 24.6 Å². The van der Waals surface area contributed by atoms with Crippen LogP contribution in [0.5, 0.6) is 0 Å². The van der Waals surface area contributed by atoms with E-state index in [0.29, 0.717) is 0 Å². The van der Waals surface area contributed by atoms with Crippen LogP contribution in [0.1, 0.15) is 143 Å². The molecule has 0 bridgehead atoms. The van der Waals surface area contributed by atoms with Crippen molar-refractivity contribution in [3.63, 3.8) is 0 Å². The van der Waals surface area contributed by atoms with E-state index in [9.17, 15) is 0 Å². The molecule has 0 saturated carbocycles. The van der Waals surface area contributed by atoms with Gasteiger partial charge in [-0.25, -0.2) is 0 Å². The molecule has 0 fully saturated rings. The third-order valence-corrected chi connectivity index (χ3v) is 14.5. The second kappa shape index (κ2) is 18.5. The standard InChI is InChI=1S/C26H56ClP/c1-5-9-13-15-17-19-21-25-28(27,23-11-7-3,24-12-8-4)26-22-20-18-16-14-10-6-2/h5-26H2,1-4H3. The van der Waals surface area contributed by atoms with Crippen LogP contribution in [-0.2, 0) is 0 Å². The fourth-order valence-corrected chi connectivity index (χ4v) is 11.7. The summed E-state index contributed by atoms with van der Waals surface area (Å²) < 4.78 is 0. The number of unbranched alkanes of at least 4 members (excludes halogenated alkanes) is 14. The van der Waals surface area contributed by atoms with Crippen molar-refractivity contribution in [1.29, 1.82) is 0 Å². The molecule has 0 aromatic rings. The minimum absolute atomic E-state index is 1.31. The average Bonchev–Trinajstić information content (AvgIpc) is 2.70. The molecule has 0 aromatic heterocycles. The van der Waals surface area contributed by atoms with Crippen molar-refractivity contribution in [3.05, 3.63) is 0 Å². The fourth-order valence-electron chi connectivity index (χ4n) is 4.71. The molecule has 0 aliphatic carbocycles. The Bertz CT molecular complexity index is 298. The number of hydrogen-bond donors (Lipinski definition) is 0. The van der Waals surface area contributed by atoms with E-state index in [4.69, 9.17) is 11.2 Å². The van der Waals surface area contributed by atoms with Crippen LogP contribution in [0.4, 0.5) is 0 Å². The Balaban J connectivity index is 4.58. The van der Waals surface area contributed by atoms with Crippen molar-refractivity contribution in [2.45, 2.75) is 143 Å². The van der Waals surface area contributed by atoms with Crippen LogP contribution < -0.4 is 0 Å². The molecule has 0 aliphatic rings. The Morgan fingerprint density at radius 1 is 0.357 bits per heavy atom. The number of halogens is 1. The van der Waals surface area contributed by atoms with Gasteiger partial charge in [0.05, 0.1) is 0 Å². The molecule has 0 N–H and O–H groups in total. The Kier molecular flexibility index (Phi) is 19.0.